The Hall–Kier alpha value is -1.82. The van der Waals surface area contributed by atoms with Gasteiger partial charge in [-0.1, -0.05) is 18.6 Å². The topological polar surface area (TPSA) is 53.4 Å². The van der Waals surface area contributed by atoms with Gasteiger partial charge in [0.05, 0.1) is 6.04 Å². The molecule has 0 saturated carbocycles. The highest BCUT2D eigenvalue weighted by molar-refractivity contribution is 5.74. The monoisotopic (exact) mass is 331 g/mol. The van der Waals surface area contributed by atoms with Gasteiger partial charge in [0.2, 0.25) is 0 Å². The van der Waals surface area contributed by atoms with E-state index in [0.29, 0.717) is 6.54 Å². The third-order valence-electron chi connectivity index (χ3n) is 5.20. The summed E-state index contributed by atoms with van der Waals surface area (Å²) in [6.45, 7) is 6.26. The number of hydrogen-bond acceptors (Lipinski definition) is 3. The van der Waals surface area contributed by atoms with Gasteiger partial charge >= 0.3 is 6.03 Å². The van der Waals surface area contributed by atoms with Crippen LogP contribution in [-0.4, -0.2) is 58.1 Å². The van der Waals surface area contributed by atoms with Crippen molar-refractivity contribution >= 4 is 6.03 Å². The number of piperazine rings is 1. The Morgan fingerprint density at radius 3 is 2.96 bits per heavy atom. The second-order valence-corrected chi connectivity index (χ2v) is 6.72. The summed E-state index contributed by atoms with van der Waals surface area (Å²) in [4.78, 5) is 21.4. The lowest BCUT2D eigenvalue weighted by atomic mass is 10.1. The van der Waals surface area contributed by atoms with Crippen LogP contribution in [0.3, 0.4) is 0 Å². The van der Waals surface area contributed by atoms with E-state index in [2.05, 4.69) is 32.8 Å². The molecule has 3 rings (SSSR count). The second-order valence-electron chi connectivity index (χ2n) is 6.72. The van der Waals surface area contributed by atoms with Gasteiger partial charge in [0.15, 0.2) is 0 Å². The van der Waals surface area contributed by atoms with E-state index in [0.717, 1.165) is 38.4 Å². The number of amides is 2. The van der Waals surface area contributed by atoms with E-state index >= 15 is 0 Å². The Labute approximate surface area is 144 Å². The van der Waals surface area contributed by atoms with E-state index in [1.807, 2.05) is 24.3 Å². The number of nitrogens with one attached hydrogen (secondary N) is 1. The SMILES string of the molecule is CCN1CCN(C(=O)NCCC2=CCCC2)CC1c1nccn1C. The van der Waals surface area contributed by atoms with Crippen molar-refractivity contribution in [2.75, 3.05) is 32.7 Å². The lowest BCUT2D eigenvalue weighted by Gasteiger charge is -2.40. The molecule has 132 valence electrons. The van der Waals surface area contributed by atoms with Crippen molar-refractivity contribution in [1.82, 2.24) is 24.7 Å². The number of carbonyl (C=O) groups excluding carboxylic acids is 1. The molecule has 1 aromatic heterocycles. The molecule has 0 spiro atoms. The van der Waals surface area contributed by atoms with E-state index in [-0.39, 0.29) is 12.1 Å². The highest BCUT2D eigenvalue weighted by Gasteiger charge is 2.31. The van der Waals surface area contributed by atoms with Gasteiger partial charge in [-0.2, -0.15) is 0 Å². The first kappa shape index (κ1) is 17.0. The Morgan fingerprint density at radius 1 is 1.42 bits per heavy atom. The van der Waals surface area contributed by atoms with E-state index in [1.165, 1.54) is 24.8 Å². The van der Waals surface area contributed by atoms with Crippen LogP contribution >= 0.6 is 0 Å². The zero-order valence-corrected chi connectivity index (χ0v) is 14.9. The smallest absolute Gasteiger partial charge is 0.317 e. The van der Waals surface area contributed by atoms with Crippen LogP contribution in [0, 0.1) is 0 Å². The van der Waals surface area contributed by atoms with Crippen LogP contribution in [0.5, 0.6) is 0 Å². The van der Waals surface area contributed by atoms with Crippen molar-refractivity contribution in [3.63, 3.8) is 0 Å². The van der Waals surface area contributed by atoms with Gasteiger partial charge in [0, 0.05) is 45.6 Å². The molecule has 1 atom stereocenters. The largest absolute Gasteiger partial charge is 0.338 e. The molecule has 2 heterocycles. The number of nitrogens with zero attached hydrogens (tertiary/aromatic N) is 4. The maximum Gasteiger partial charge on any atom is 0.317 e. The van der Waals surface area contributed by atoms with E-state index in [9.17, 15) is 4.79 Å². The van der Waals surface area contributed by atoms with Gasteiger partial charge in [0.25, 0.3) is 0 Å². The molecule has 0 radical (unpaired) electrons. The first-order valence-electron chi connectivity index (χ1n) is 9.11. The molecular weight excluding hydrogens is 302 g/mol. The summed E-state index contributed by atoms with van der Waals surface area (Å²) < 4.78 is 2.06. The Balaban J connectivity index is 1.56. The van der Waals surface area contributed by atoms with Gasteiger partial charge < -0.3 is 14.8 Å². The Bertz CT molecular complexity index is 594. The summed E-state index contributed by atoms with van der Waals surface area (Å²) in [5.74, 6) is 1.03. The van der Waals surface area contributed by atoms with Crippen molar-refractivity contribution in [1.29, 1.82) is 0 Å². The van der Waals surface area contributed by atoms with E-state index < -0.39 is 0 Å². The highest BCUT2D eigenvalue weighted by atomic mass is 16.2. The molecule has 1 aromatic rings. The summed E-state index contributed by atoms with van der Waals surface area (Å²) in [5.41, 5.74) is 1.50. The number of aromatic nitrogens is 2. The molecule has 1 fully saturated rings. The second kappa shape index (κ2) is 7.83. The molecule has 6 nitrogen and oxygen atoms in total. The predicted octanol–water partition coefficient (Wildman–Crippen LogP) is 2.31. The minimum absolute atomic E-state index is 0.0589. The summed E-state index contributed by atoms with van der Waals surface area (Å²) in [7, 11) is 2.02. The number of carbonyl (C=O) groups is 1. The number of allylic oxidation sites excluding steroid dienone is 1. The molecule has 24 heavy (non-hydrogen) atoms. The van der Waals surface area contributed by atoms with Gasteiger partial charge in [-0.05, 0) is 32.2 Å². The molecule has 0 bridgehead atoms. The first-order chi connectivity index (χ1) is 11.7. The average Bonchev–Trinajstić information content (AvgIpc) is 3.25. The van der Waals surface area contributed by atoms with Crippen LogP contribution in [0.1, 0.15) is 44.5 Å². The highest BCUT2D eigenvalue weighted by Crippen LogP contribution is 2.24. The van der Waals surface area contributed by atoms with Crippen molar-refractivity contribution in [3.05, 3.63) is 29.9 Å². The van der Waals surface area contributed by atoms with Gasteiger partial charge in [-0.15, -0.1) is 0 Å². The number of rotatable bonds is 5. The molecule has 1 aliphatic heterocycles. The van der Waals surface area contributed by atoms with Gasteiger partial charge in [-0.25, -0.2) is 9.78 Å². The van der Waals surface area contributed by atoms with E-state index in [4.69, 9.17) is 0 Å². The number of hydrogen-bond donors (Lipinski definition) is 1. The minimum Gasteiger partial charge on any atom is -0.338 e. The van der Waals surface area contributed by atoms with Crippen molar-refractivity contribution < 1.29 is 4.79 Å². The fraction of sp³-hybridized carbons (Fsp3) is 0.667. The number of aryl methyl sites for hydroxylation is 1. The number of imidazole rings is 1. The van der Waals surface area contributed by atoms with Crippen molar-refractivity contribution in [3.8, 4) is 0 Å². The van der Waals surface area contributed by atoms with E-state index in [1.54, 1.807) is 0 Å². The third-order valence-corrected chi connectivity index (χ3v) is 5.20. The van der Waals surface area contributed by atoms with Gasteiger partial charge in [-0.3, -0.25) is 4.90 Å². The molecule has 6 heteroatoms. The van der Waals surface area contributed by atoms with Crippen LogP contribution in [0.15, 0.2) is 24.0 Å². The molecular formula is C18H29N5O. The zero-order valence-electron chi connectivity index (χ0n) is 14.9. The zero-order chi connectivity index (χ0) is 16.9. The van der Waals surface area contributed by atoms with Gasteiger partial charge in [0.1, 0.15) is 5.82 Å². The fourth-order valence-corrected chi connectivity index (χ4v) is 3.73. The molecule has 1 unspecified atom stereocenters. The Morgan fingerprint density at radius 2 is 2.29 bits per heavy atom. The Kier molecular flexibility index (Phi) is 5.56. The third kappa shape index (κ3) is 3.80. The lowest BCUT2D eigenvalue weighted by Crippen LogP contribution is -2.53. The maximum absolute atomic E-state index is 12.5. The molecule has 1 N–H and O–H groups in total. The van der Waals surface area contributed by atoms with Crippen LogP contribution in [0.25, 0.3) is 0 Å². The van der Waals surface area contributed by atoms with Crippen LogP contribution in [0.4, 0.5) is 4.79 Å². The minimum atomic E-state index is 0.0589. The lowest BCUT2D eigenvalue weighted by molar-refractivity contribution is 0.0880. The molecule has 1 saturated heterocycles. The van der Waals surface area contributed by atoms with Crippen LogP contribution in [0.2, 0.25) is 0 Å². The first-order valence-corrected chi connectivity index (χ1v) is 9.11. The number of urea groups is 1. The predicted molar refractivity (Wildman–Crippen MR) is 94.7 cm³/mol. The average molecular weight is 331 g/mol. The molecule has 2 aliphatic rings. The summed E-state index contributed by atoms with van der Waals surface area (Å²) >= 11 is 0. The molecule has 1 aliphatic carbocycles. The van der Waals surface area contributed by atoms with Crippen molar-refractivity contribution in [2.24, 2.45) is 7.05 Å². The van der Waals surface area contributed by atoms with Crippen LogP contribution < -0.4 is 5.32 Å². The molecule has 0 aromatic carbocycles. The van der Waals surface area contributed by atoms with Crippen LogP contribution in [-0.2, 0) is 7.05 Å². The van der Waals surface area contributed by atoms with Crippen molar-refractivity contribution in [2.45, 2.75) is 38.6 Å². The molecule has 2 amide bonds. The number of likely N-dealkylation sites (N-methyl/N-ethyl adjacent to an activating group) is 1. The maximum atomic E-state index is 12.5. The summed E-state index contributed by atoms with van der Waals surface area (Å²) in [5, 5.41) is 3.09. The summed E-state index contributed by atoms with van der Waals surface area (Å²) in [6.07, 6.45) is 10.8. The fourth-order valence-electron chi connectivity index (χ4n) is 3.73. The normalized spacial score (nSPS) is 21.8. The standard InChI is InChI=1S/C18H29N5O/c1-3-22-12-13-23(14-16(22)17-19-10-11-21(17)2)18(24)20-9-8-15-6-4-5-7-15/h6,10-11,16H,3-5,7-9,12-14H2,1-2H3,(H,20,24). The summed E-state index contributed by atoms with van der Waals surface area (Å²) in [6, 6.07) is 0.232. The quantitative estimate of drug-likeness (QED) is 0.843.